The molecule has 1 N–H and O–H groups in total. The van der Waals surface area contributed by atoms with E-state index in [0.717, 1.165) is 25.5 Å². The third-order valence-electron chi connectivity index (χ3n) is 4.06. The number of aryl methyl sites for hydroxylation is 1. The molecule has 3 rings (SSSR count). The molecule has 20 heavy (non-hydrogen) atoms. The summed E-state index contributed by atoms with van der Waals surface area (Å²) in [7, 11) is 2.06. The molecule has 1 aromatic carbocycles. The van der Waals surface area contributed by atoms with E-state index in [9.17, 15) is 0 Å². The van der Waals surface area contributed by atoms with Gasteiger partial charge in [-0.05, 0) is 12.5 Å². The van der Waals surface area contributed by atoms with Crippen LogP contribution in [0.1, 0.15) is 24.4 Å². The maximum Gasteiger partial charge on any atom is 0.122 e. The van der Waals surface area contributed by atoms with Crippen LogP contribution in [0.5, 0.6) is 0 Å². The Morgan fingerprint density at radius 1 is 1.30 bits per heavy atom. The molecule has 1 fully saturated rings. The van der Waals surface area contributed by atoms with Crippen molar-refractivity contribution in [2.24, 2.45) is 7.05 Å². The van der Waals surface area contributed by atoms with Crippen molar-refractivity contribution in [3.05, 3.63) is 54.1 Å². The summed E-state index contributed by atoms with van der Waals surface area (Å²) in [5.74, 6) is 1.13. The molecule has 1 aromatic heterocycles. The fourth-order valence-corrected chi connectivity index (χ4v) is 2.89. The summed E-state index contributed by atoms with van der Waals surface area (Å²) < 4.78 is 2.11. The van der Waals surface area contributed by atoms with E-state index >= 15 is 0 Å². The van der Waals surface area contributed by atoms with Crippen molar-refractivity contribution in [3.8, 4) is 0 Å². The summed E-state index contributed by atoms with van der Waals surface area (Å²) in [6.45, 7) is 5.18. The van der Waals surface area contributed by atoms with E-state index in [1.54, 1.807) is 0 Å². The average molecular weight is 270 g/mol. The minimum Gasteiger partial charge on any atom is -0.337 e. The molecule has 106 valence electrons. The van der Waals surface area contributed by atoms with Gasteiger partial charge in [0.25, 0.3) is 0 Å². The second-order valence-corrected chi connectivity index (χ2v) is 5.62. The maximum atomic E-state index is 4.46. The molecule has 0 bridgehead atoms. The van der Waals surface area contributed by atoms with E-state index < -0.39 is 0 Å². The summed E-state index contributed by atoms with van der Waals surface area (Å²) in [6.07, 6.45) is 3.89. The molecule has 0 aliphatic carbocycles. The Morgan fingerprint density at radius 3 is 2.80 bits per heavy atom. The van der Waals surface area contributed by atoms with Crippen LogP contribution in [0, 0.1) is 0 Å². The molecule has 0 amide bonds. The van der Waals surface area contributed by atoms with Crippen molar-refractivity contribution in [2.75, 3.05) is 13.1 Å². The van der Waals surface area contributed by atoms with E-state index in [1.165, 1.54) is 5.56 Å². The number of piperazine rings is 1. The fourth-order valence-electron chi connectivity index (χ4n) is 2.89. The molecule has 0 saturated carbocycles. The SMILES string of the molecule is CC1CN(Cc2nccn2C)C(c2ccccc2)CN1. The molecular weight excluding hydrogens is 248 g/mol. The van der Waals surface area contributed by atoms with Crippen LogP contribution in [0.4, 0.5) is 0 Å². The Labute approximate surface area is 120 Å². The number of nitrogens with one attached hydrogen (secondary N) is 1. The molecule has 0 spiro atoms. The van der Waals surface area contributed by atoms with Gasteiger partial charge < -0.3 is 9.88 Å². The Hall–Kier alpha value is -1.65. The van der Waals surface area contributed by atoms with Crippen LogP contribution in [0.2, 0.25) is 0 Å². The van der Waals surface area contributed by atoms with Crippen molar-refractivity contribution in [1.82, 2.24) is 19.8 Å². The van der Waals surface area contributed by atoms with E-state index in [1.807, 2.05) is 12.4 Å². The molecule has 1 saturated heterocycles. The second kappa shape index (κ2) is 5.77. The first-order valence-corrected chi connectivity index (χ1v) is 7.22. The highest BCUT2D eigenvalue weighted by Gasteiger charge is 2.27. The Morgan fingerprint density at radius 2 is 2.10 bits per heavy atom. The average Bonchev–Trinajstić information content (AvgIpc) is 2.85. The fraction of sp³-hybridized carbons (Fsp3) is 0.438. The van der Waals surface area contributed by atoms with Crippen LogP contribution < -0.4 is 5.32 Å². The highest BCUT2D eigenvalue weighted by molar-refractivity contribution is 5.20. The third-order valence-corrected chi connectivity index (χ3v) is 4.06. The van der Waals surface area contributed by atoms with Gasteiger partial charge in [0.15, 0.2) is 0 Å². The molecule has 1 aliphatic heterocycles. The lowest BCUT2D eigenvalue weighted by Crippen LogP contribution is -2.50. The highest BCUT2D eigenvalue weighted by Crippen LogP contribution is 2.24. The van der Waals surface area contributed by atoms with Crippen molar-refractivity contribution in [3.63, 3.8) is 0 Å². The van der Waals surface area contributed by atoms with Crippen molar-refractivity contribution >= 4 is 0 Å². The number of hydrogen-bond acceptors (Lipinski definition) is 3. The minimum atomic E-state index is 0.420. The molecule has 1 aliphatic rings. The van der Waals surface area contributed by atoms with Gasteiger partial charge >= 0.3 is 0 Å². The number of hydrogen-bond donors (Lipinski definition) is 1. The smallest absolute Gasteiger partial charge is 0.122 e. The molecule has 2 heterocycles. The van der Waals surface area contributed by atoms with Crippen LogP contribution in [0.25, 0.3) is 0 Å². The van der Waals surface area contributed by atoms with E-state index in [0.29, 0.717) is 12.1 Å². The monoisotopic (exact) mass is 270 g/mol. The zero-order valence-electron chi connectivity index (χ0n) is 12.2. The van der Waals surface area contributed by atoms with Crippen molar-refractivity contribution in [2.45, 2.75) is 25.6 Å². The zero-order chi connectivity index (χ0) is 13.9. The summed E-state index contributed by atoms with van der Waals surface area (Å²) >= 11 is 0. The van der Waals surface area contributed by atoms with Crippen LogP contribution in [0.15, 0.2) is 42.7 Å². The first kappa shape index (κ1) is 13.3. The van der Waals surface area contributed by atoms with Crippen LogP contribution in [0.3, 0.4) is 0 Å². The van der Waals surface area contributed by atoms with Crippen LogP contribution in [-0.4, -0.2) is 33.6 Å². The van der Waals surface area contributed by atoms with E-state index in [4.69, 9.17) is 0 Å². The Balaban J connectivity index is 1.82. The zero-order valence-corrected chi connectivity index (χ0v) is 12.2. The quantitative estimate of drug-likeness (QED) is 0.925. The number of aromatic nitrogens is 2. The lowest BCUT2D eigenvalue weighted by Gasteiger charge is -2.39. The molecule has 0 radical (unpaired) electrons. The van der Waals surface area contributed by atoms with Gasteiger partial charge in [-0.3, -0.25) is 4.90 Å². The second-order valence-electron chi connectivity index (χ2n) is 5.62. The topological polar surface area (TPSA) is 33.1 Å². The maximum absolute atomic E-state index is 4.46. The molecule has 2 unspecified atom stereocenters. The number of imidazole rings is 1. The van der Waals surface area contributed by atoms with Gasteiger partial charge in [0.05, 0.1) is 6.54 Å². The third kappa shape index (κ3) is 2.76. The first-order chi connectivity index (χ1) is 9.74. The van der Waals surface area contributed by atoms with Gasteiger partial charge in [-0.2, -0.15) is 0 Å². The van der Waals surface area contributed by atoms with Gasteiger partial charge in [0.2, 0.25) is 0 Å². The number of nitrogens with zero attached hydrogens (tertiary/aromatic N) is 3. The molecule has 4 heteroatoms. The number of benzene rings is 1. The number of rotatable bonds is 3. The van der Waals surface area contributed by atoms with E-state index in [-0.39, 0.29) is 0 Å². The predicted octanol–water partition coefficient (Wildman–Crippen LogP) is 1.96. The van der Waals surface area contributed by atoms with Crippen LogP contribution >= 0.6 is 0 Å². The summed E-state index contributed by atoms with van der Waals surface area (Å²) in [5.41, 5.74) is 1.38. The van der Waals surface area contributed by atoms with Gasteiger partial charge in [-0.25, -0.2) is 4.98 Å². The van der Waals surface area contributed by atoms with Gasteiger partial charge in [0, 0.05) is 44.6 Å². The molecule has 2 aromatic rings. The highest BCUT2D eigenvalue weighted by atomic mass is 15.3. The Kier molecular flexibility index (Phi) is 3.85. The Bertz CT molecular complexity index is 549. The van der Waals surface area contributed by atoms with Gasteiger partial charge in [-0.15, -0.1) is 0 Å². The molecular formula is C16H22N4. The largest absolute Gasteiger partial charge is 0.337 e. The minimum absolute atomic E-state index is 0.420. The predicted molar refractivity (Wildman–Crippen MR) is 80.3 cm³/mol. The summed E-state index contributed by atoms with van der Waals surface area (Å²) in [4.78, 5) is 6.99. The molecule has 2 atom stereocenters. The van der Waals surface area contributed by atoms with Gasteiger partial charge in [0.1, 0.15) is 5.82 Å². The standard InChI is InChI=1S/C16H22N4/c1-13-11-20(12-16-17-8-9-19(16)2)15(10-18-13)14-6-4-3-5-7-14/h3-9,13,15,18H,10-12H2,1-2H3. The van der Waals surface area contributed by atoms with Crippen molar-refractivity contribution < 1.29 is 0 Å². The normalized spacial score (nSPS) is 23.9. The summed E-state index contributed by atoms with van der Waals surface area (Å²) in [5, 5.41) is 3.59. The molecule has 4 nitrogen and oxygen atoms in total. The van der Waals surface area contributed by atoms with Crippen LogP contribution in [-0.2, 0) is 13.6 Å². The lowest BCUT2D eigenvalue weighted by atomic mass is 10.0. The van der Waals surface area contributed by atoms with Crippen molar-refractivity contribution in [1.29, 1.82) is 0 Å². The van der Waals surface area contributed by atoms with E-state index in [2.05, 4.69) is 64.1 Å². The first-order valence-electron chi connectivity index (χ1n) is 7.22. The summed E-state index contributed by atoms with van der Waals surface area (Å²) in [6, 6.07) is 11.7. The lowest BCUT2D eigenvalue weighted by molar-refractivity contribution is 0.123. The van der Waals surface area contributed by atoms with Gasteiger partial charge in [-0.1, -0.05) is 30.3 Å².